The molecule has 0 amide bonds. The molecule has 4 nitrogen and oxygen atoms in total. The van der Waals surface area contributed by atoms with Gasteiger partial charge in [-0.05, 0) is 22.9 Å². The molecule has 0 saturated carbocycles. The Bertz CT molecular complexity index is 164. The van der Waals surface area contributed by atoms with Crippen LogP contribution in [-0.2, 0) is 15.0 Å². The number of rotatable bonds is 15. The molecule has 0 fully saturated rings. The first-order valence-corrected chi connectivity index (χ1v) is 7.98. The molecule has 1 unspecified atom stereocenters. The summed E-state index contributed by atoms with van der Waals surface area (Å²) in [6.45, 7) is 4.35. The maximum absolute atomic E-state index is 8.07. The van der Waals surface area contributed by atoms with E-state index < -0.39 is 0 Å². The van der Waals surface area contributed by atoms with Crippen LogP contribution in [0.15, 0.2) is 0 Å². The highest BCUT2D eigenvalue weighted by molar-refractivity contribution is 4.56. The SMILES string of the molecule is CCCCCCCCCCCC(CCC)OOOO. The van der Waals surface area contributed by atoms with E-state index in [1.807, 2.05) is 0 Å². The summed E-state index contributed by atoms with van der Waals surface area (Å²) in [6, 6.07) is 0. The van der Waals surface area contributed by atoms with Gasteiger partial charge in [0.25, 0.3) is 0 Å². The molecule has 0 aliphatic heterocycles. The second-order valence-corrected chi connectivity index (χ2v) is 5.27. The first kappa shape index (κ1) is 18.8. The van der Waals surface area contributed by atoms with E-state index in [4.69, 9.17) is 10.1 Å². The molecule has 0 saturated heterocycles. The van der Waals surface area contributed by atoms with Crippen LogP contribution in [0.1, 0.15) is 90.9 Å². The van der Waals surface area contributed by atoms with Gasteiger partial charge in [0.15, 0.2) is 0 Å². The lowest BCUT2D eigenvalue weighted by Crippen LogP contribution is -2.13. The molecule has 0 rings (SSSR count). The number of hydrogen-bond acceptors (Lipinski definition) is 4. The Morgan fingerprint density at radius 1 is 0.737 bits per heavy atom. The summed E-state index contributed by atoms with van der Waals surface area (Å²) < 4.78 is 0. The summed E-state index contributed by atoms with van der Waals surface area (Å²) in [7, 11) is 0. The molecular weight excluding hydrogens is 244 g/mol. The van der Waals surface area contributed by atoms with E-state index in [0.717, 1.165) is 25.7 Å². The van der Waals surface area contributed by atoms with Gasteiger partial charge >= 0.3 is 0 Å². The van der Waals surface area contributed by atoms with E-state index >= 15 is 0 Å². The molecule has 0 bridgehead atoms. The Kier molecular flexibility index (Phi) is 15.8. The molecule has 0 aromatic carbocycles. The topological polar surface area (TPSA) is 47.9 Å². The average molecular weight is 276 g/mol. The molecule has 0 heterocycles. The molecule has 4 heteroatoms. The van der Waals surface area contributed by atoms with Crippen molar-refractivity contribution in [2.75, 3.05) is 0 Å². The monoisotopic (exact) mass is 276 g/mol. The normalized spacial score (nSPS) is 12.8. The molecule has 0 aliphatic rings. The van der Waals surface area contributed by atoms with Gasteiger partial charge in [-0.25, -0.2) is 10.1 Å². The van der Waals surface area contributed by atoms with Crippen LogP contribution in [0.25, 0.3) is 0 Å². The predicted molar refractivity (Wildman–Crippen MR) is 76.4 cm³/mol. The van der Waals surface area contributed by atoms with Crippen LogP contribution in [-0.4, -0.2) is 11.4 Å². The highest BCUT2D eigenvalue weighted by Crippen LogP contribution is 2.15. The van der Waals surface area contributed by atoms with Crippen molar-refractivity contribution in [1.82, 2.24) is 0 Å². The molecule has 1 atom stereocenters. The van der Waals surface area contributed by atoms with Crippen molar-refractivity contribution >= 4 is 0 Å². The van der Waals surface area contributed by atoms with Crippen molar-refractivity contribution < 1.29 is 20.2 Å². The third kappa shape index (κ3) is 14.1. The minimum absolute atomic E-state index is 0.0294. The van der Waals surface area contributed by atoms with Gasteiger partial charge in [-0.15, -0.1) is 0 Å². The van der Waals surface area contributed by atoms with Crippen molar-refractivity contribution in [2.45, 2.75) is 97.0 Å². The summed E-state index contributed by atoms with van der Waals surface area (Å²) in [5.41, 5.74) is 0. The maximum Gasteiger partial charge on any atom is 0.0962 e. The maximum atomic E-state index is 8.07. The fourth-order valence-corrected chi connectivity index (χ4v) is 2.32. The van der Waals surface area contributed by atoms with Crippen molar-refractivity contribution in [3.8, 4) is 0 Å². The van der Waals surface area contributed by atoms with Gasteiger partial charge in [-0.2, -0.15) is 0 Å². The minimum Gasteiger partial charge on any atom is -0.219 e. The lowest BCUT2D eigenvalue weighted by molar-refractivity contribution is -0.632. The van der Waals surface area contributed by atoms with Crippen molar-refractivity contribution in [1.29, 1.82) is 0 Å². The molecule has 1 N–H and O–H groups in total. The fourth-order valence-electron chi connectivity index (χ4n) is 2.32. The van der Waals surface area contributed by atoms with Crippen LogP contribution in [0.5, 0.6) is 0 Å². The quantitative estimate of drug-likeness (QED) is 0.246. The lowest BCUT2D eigenvalue weighted by atomic mass is 10.0. The van der Waals surface area contributed by atoms with Crippen LogP contribution >= 0.6 is 0 Å². The standard InChI is InChI=1S/C15H32O4/c1-3-5-6-7-8-9-10-11-12-14-15(13-4-2)17-19-18-16/h15-16H,3-14H2,1-2H3. The van der Waals surface area contributed by atoms with E-state index in [-0.39, 0.29) is 6.10 Å². The Hall–Kier alpha value is -0.160. The number of hydrogen-bond donors (Lipinski definition) is 1. The first-order chi connectivity index (χ1) is 9.35. The van der Waals surface area contributed by atoms with Crippen LogP contribution < -0.4 is 0 Å². The minimum atomic E-state index is 0.0294. The molecular formula is C15H32O4. The Labute approximate surface area is 118 Å². The van der Waals surface area contributed by atoms with Crippen molar-refractivity contribution in [2.24, 2.45) is 0 Å². The molecule has 0 aromatic heterocycles. The largest absolute Gasteiger partial charge is 0.219 e. The highest BCUT2D eigenvalue weighted by atomic mass is 17.6. The smallest absolute Gasteiger partial charge is 0.0962 e. The zero-order valence-corrected chi connectivity index (χ0v) is 12.7. The van der Waals surface area contributed by atoms with E-state index in [2.05, 4.69) is 23.9 Å². The highest BCUT2D eigenvalue weighted by Gasteiger charge is 2.09. The van der Waals surface area contributed by atoms with Crippen LogP contribution in [0, 0.1) is 0 Å². The summed E-state index contributed by atoms with van der Waals surface area (Å²) in [5, 5.41) is 15.7. The third-order valence-electron chi connectivity index (χ3n) is 3.45. The van der Waals surface area contributed by atoms with Gasteiger partial charge < -0.3 is 0 Å². The van der Waals surface area contributed by atoms with Gasteiger partial charge in [0.05, 0.1) is 6.10 Å². The first-order valence-electron chi connectivity index (χ1n) is 7.98. The van der Waals surface area contributed by atoms with Crippen molar-refractivity contribution in [3.63, 3.8) is 0 Å². The second kappa shape index (κ2) is 15.9. The molecule has 0 aliphatic carbocycles. The molecule has 0 aromatic rings. The number of unbranched alkanes of at least 4 members (excludes halogenated alkanes) is 8. The van der Waals surface area contributed by atoms with Gasteiger partial charge in [0.2, 0.25) is 0 Å². The van der Waals surface area contributed by atoms with Gasteiger partial charge in [-0.1, -0.05) is 78.1 Å². The zero-order chi connectivity index (χ0) is 14.2. The van der Waals surface area contributed by atoms with Crippen LogP contribution in [0.3, 0.4) is 0 Å². The Morgan fingerprint density at radius 2 is 1.32 bits per heavy atom. The molecule has 19 heavy (non-hydrogen) atoms. The molecule has 0 radical (unpaired) electrons. The third-order valence-corrected chi connectivity index (χ3v) is 3.45. The van der Waals surface area contributed by atoms with Crippen molar-refractivity contribution in [3.05, 3.63) is 0 Å². The molecule has 116 valence electrons. The van der Waals surface area contributed by atoms with E-state index in [0.29, 0.717) is 0 Å². The van der Waals surface area contributed by atoms with Gasteiger partial charge in [0.1, 0.15) is 0 Å². The summed E-state index contributed by atoms with van der Waals surface area (Å²) >= 11 is 0. The summed E-state index contributed by atoms with van der Waals surface area (Å²) in [5.74, 6) is 0. The lowest BCUT2D eigenvalue weighted by Gasteiger charge is -2.13. The summed E-state index contributed by atoms with van der Waals surface area (Å²) in [6.07, 6.45) is 14.9. The van der Waals surface area contributed by atoms with E-state index in [1.54, 1.807) is 0 Å². The van der Waals surface area contributed by atoms with Gasteiger partial charge in [0, 0.05) is 0 Å². The second-order valence-electron chi connectivity index (χ2n) is 5.27. The Balaban J connectivity index is 3.29. The molecule has 0 spiro atoms. The van der Waals surface area contributed by atoms with Crippen LogP contribution in [0.4, 0.5) is 0 Å². The van der Waals surface area contributed by atoms with Crippen LogP contribution in [0.2, 0.25) is 0 Å². The van der Waals surface area contributed by atoms with E-state index in [1.165, 1.54) is 51.4 Å². The zero-order valence-electron chi connectivity index (χ0n) is 12.7. The van der Waals surface area contributed by atoms with E-state index in [9.17, 15) is 0 Å². The summed E-state index contributed by atoms with van der Waals surface area (Å²) in [4.78, 5) is 4.93. The predicted octanol–water partition coefficient (Wildman–Crippen LogP) is 5.43. The average Bonchev–Trinajstić information content (AvgIpc) is 2.42. The Morgan fingerprint density at radius 3 is 1.84 bits per heavy atom. The fraction of sp³-hybridized carbons (Fsp3) is 1.00. The van der Waals surface area contributed by atoms with Gasteiger partial charge in [-0.3, -0.25) is 0 Å².